The molecule has 0 radical (unpaired) electrons. The molecule has 0 amide bonds. The minimum atomic E-state index is -0.413. The highest BCUT2D eigenvalue weighted by Gasteiger charge is 2.12. The number of hydrogen-bond acceptors (Lipinski definition) is 3. The van der Waals surface area contributed by atoms with Gasteiger partial charge in [0.15, 0.2) is 5.78 Å². The van der Waals surface area contributed by atoms with Gasteiger partial charge in [0, 0.05) is 12.5 Å². The van der Waals surface area contributed by atoms with E-state index in [0.29, 0.717) is 5.56 Å². The molecule has 0 fully saturated rings. The summed E-state index contributed by atoms with van der Waals surface area (Å²) in [6.07, 6.45) is 9.44. The highest BCUT2D eigenvalue weighted by atomic mass is 16.2. The van der Waals surface area contributed by atoms with Crippen LogP contribution in [-0.2, 0) is 4.79 Å². The van der Waals surface area contributed by atoms with E-state index in [1.807, 2.05) is 19.1 Å². The first-order valence-electron chi connectivity index (χ1n) is 10.6. The van der Waals surface area contributed by atoms with E-state index in [-0.39, 0.29) is 0 Å². The van der Waals surface area contributed by atoms with E-state index in [2.05, 4.69) is 39.6 Å². The van der Waals surface area contributed by atoms with Crippen molar-refractivity contribution in [1.82, 2.24) is 4.90 Å². The number of benzene rings is 1. The predicted molar refractivity (Wildman–Crippen MR) is 119 cm³/mol. The lowest BCUT2D eigenvalue weighted by atomic mass is 10.0. The zero-order valence-corrected chi connectivity index (χ0v) is 18.9. The van der Waals surface area contributed by atoms with Gasteiger partial charge in [0.25, 0.3) is 0 Å². The molecule has 1 aromatic carbocycles. The molecule has 0 unspecified atom stereocenters. The normalized spacial score (nSPS) is 9.78. The topological polar surface area (TPSA) is 37.4 Å². The van der Waals surface area contributed by atoms with E-state index >= 15 is 0 Å². The average molecular weight is 378 g/mol. The van der Waals surface area contributed by atoms with Crippen LogP contribution in [0, 0.1) is 6.92 Å². The van der Waals surface area contributed by atoms with Gasteiger partial charge < -0.3 is 4.90 Å². The van der Waals surface area contributed by atoms with Gasteiger partial charge in [0.05, 0.1) is 0 Å². The van der Waals surface area contributed by atoms with E-state index in [1.165, 1.54) is 65.0 Å². The standard InChI is InChI=1S/C10H10O2.C9H21N.C5H12/c1-7-5-3-4-6-9(7)10(12)8(2)11;1-4-6-7-9-10(3)8-5-2;1-3-5-4-2/h3-6H,1-2H3;4-9H2,1-3H3;3-5H2,1-2H3. The second kappa shape index (κ2) is 19.3. The number of rotatable bonds is 10. The number of Topliss-reactive ketones (excluding diaryl/α,β-unsaturated/α-hetero) is 2. The molecule has 156 valence electrons. The van der Waals surface area contributed by atoms with Crippen LogP contribution in [0.5, 0.6) is 0 Å². The van der Waals surface area contributed by atoms with Crippen molar-refractivity contribution in [2.45, 2.75) is 86.5 Å². The van der Waals surface area contributed by atoms with Gasteiger partial charge in [-0.1, -0.05) is 84.1 Å². The van der Waals surface area contributed by atoms with Gasteiger partial charge >= 0.3 is 0 Å². The molecule has 1 rings (SSSR count). The lowest BCUT2D eigenvalue weighted by Crippen LogP contribution is -2.20. The predicted octanol–water partition coefficient (Wildman–Crippen LogP) is 6.48. The summed E-state index contributed by atoms with van der Waals surface area (Å²) in [4.78, 5) is 24.4. The molecule has 3 nitrogen and oxygen atoms in total. The molecule has 0 heterocycles. The fraction of sp³-hybridized carbons (Fsp3) is 0.667. The molecule has 0 atom stereocenters. The SMILES string of the molecule is CC(=O)C(=O)c1ccccc1C.CCCCC.CCCCCN(C)CCC. The molecular formula is C24H43NO2. The third-order valence-corrected chi connectivity index (χ3v) is 4.17. The summed E-state index contributed by atoms with van der Waals surface area (Å²) in [5.74, 6) is -0.822. The number of hydrogen-bond donors (Lipinski definition) is 0. The maximum atomic E-state index is 11.2. The first-order valence-corrected chi connectivity index (χ1v) is 10.6. The van der Waals surface area contributed by atoms with Crippen LogP contribution in [0.1, 0.15) is 95.5 Å². The van der Waals surface area contributed by atoms with Crippen LogP contribution < -0.4 is 0 Å². The first kappa shape index (κ1) is 27.7. The molecule has 3 heteroatoms. The van der Waals surface area contributed by atoms with Gasteiger partial charge in [-0.25, -0.2) is 0 Å². The Hall–Kier alpha value is -1.48. The van der Waals surface area contributed by atoms with E-state index in [1.54, 1.807) is 12.1 Å². The fourth-order valence-corrected chi connectivity index (χ4v) is 2.50. The van der Waals surface area contributed by atoms with Crippen molar-refractivity contribution >= 4 is 11.6 Å². The third-order valence-electron chi connectivity index (χ3n) is 4.17. The average Bonchev–Trinajstić information content (AvgIpc) is 2.64. The minimum absolute atomic E-state index is 0.409. The highest BCUT2D eigenvalue weighted by molar-refractivity contribution is 6.43. The van der Waals surface area contributed by atoms with Crippen LogP contribution >= 0.6 is 0 Å². The molecule has 0 saturated carbocycles. The van der Waals surface area contributed by atoms with Gasteiger partial charge in [-0.2, -0.15) is 0 Å². The highest BCUT2D eigenvalue weighted by Crippen LogP contribution is 2.07. The van der Waals surface area contributed by atoms with Crippen LogP contribution in [0.3, 0.4) is 0 Å². The summed E-state index contributed by atoms with van der Waals surface area (Å²) in [5.41, 5.74) is 1.35. The van der Waals surface area contributed by atoms with E-state index in [0.717, 1.165) is 5.56 Å². The van der Waals surface area contributed by atoms with Crippen molar-refractivity contribution in [3.05, 3.63) is 35.4 Å². The number of carbonyl (C=O) groups excluding carboxylic acids is 2. The maximum absolute atomic E-state index is 11.2. The molecule has 1 aromatic rings. The lowest BCUT2D eigenvalue weighted by molar-refractivity contribution is -0.113. The summed E-state index contributed by atoms with van der Waals surface area (Å²) in [7, 11) is 2.21. The third kappa shape index (κ3) is 16.4. The Balaban J connectivity index is 0. The van der Waals surface area contributed by atoms with E-state index in [4.69, 9.17) is 0 Å². The smallest absolute Gasteiger partial charge is 0.228 e. The largest absolute Gasteiger partial charge is 0.306 e. The zero-order chi connectivity index (χ0) is 21.1. The molecule has 27 heavy (non-hydrogen) atoms. The van der Waals surface area contributed by atoms with Crippen molar-refractivity contribution in [3.8, 4) is 0 Å². The van der Waals surface area contributed by atoms with E-state index in [9.17, 15) is 9.59 Å². The van der Waals surface area contributed by atoms with Gasteiger partial charge in [0.1, 0.15) is 0 Å². The Morgan fingerprint density at radius 3 is 1.78 bits per heavy atom. The Morgan fingerprint density at radius 1 is 0.815 bits per heavy atom. The first-order chi connectivity index (χ1) is 12.8. The molecule has 0 saturated heterocycles. The Kier molecular flexibility index (Phi) is 19.8. The van der Waals surface area contributed by atoms with Crippen molar-refractivity contribution in [2.75, 3.05) is 20.1 Å². The number of carbonyl (C=O) groups is 2. The van der Waals surface area contributed by atoms with Gasteiger partial charge in [0.2, 0.25) is 5.78 Å². The Labute approximate surface area is 168 Å². The molecule has 0 bridgehead atoms. The van der Waals surface area contributed by atoms with Crippen LogP contribution in [0.25, 0.3) is 0 Å². The van der Waals surface area contributed by atoms with Crippen molar-refractivity contribution in [3.63, 3.8) is 0 Å². The summed E-state index contributed by atoms with van der Waals surface area (Å²) in [5, 5.41) is 0. The van der Waals surface area contributed by atoms with Crippen molar-refractivity contribution in [1.29, 1.82) is 0 Å². The Morgan fingerprint density at radius 2 is 1.37 bits per heavy atom. The van der Waals surface area contributed by atoms with Crippen LogP contribution in [0.4, 0.5) is 0 Å². The van der Waals surface area contributed by atoms with Gasteiger partial charge in [-0.15, -0.1) is 0 Å². The maximum Gasteiger partial charge on any atom is 0.228 e. The summed E-state index contributed by atoms with van der Waals surface area (Å²) >= 11 is 0. The van der Waals surface area contributed by atoms with E-state index < -0.39 is 11.6 Å². The van der Waals surface area contributed by atoms with Crippen LogP contribution in [-0.4, -0.2) is 36.6 Å². The van der Waals surface area contributed by atoms with Gasteiger partial charge in [-0.05, 0) is 45.5 Å². The zero-order valence-electron chi connectivity index (χ0n) is 18.9. The number of nitrogens with zero attached hydrogens (tertiary/aromatic N) is 1. The second-order valence-electron chi connectivity index (χ2n) is 7.06. The molecular weight excluding hydrogens is 334 g/mol. The quantitative estimate of drug-likeness (QED) is 0.266. The summed E-state index contributed by atoms with van der Waals surface area (Å²) in [6, 6.07) is 7.07. The molecule has 0 spiro atoms. The minimum Gasteiger partial charge on any atom is -0.306 e. The molecule has 0 aliphatic carbocycles. The van der Waals surface area contributed by atoms with Crippen LogP contribution in [0.15, 0.2) is 24.3 Å². The molecule has 0 aliphatic rings. The Bertz CT molecular complexity index is 495. The van der Waals surface area contributed by atoms with Crippen molar-refractivity contribution < 1.29 is 9.59 Å². The lowest BCUT2D eigenvalue weighted by Gasteiger charge is -2.14. The molecule has 0 aliphatic heterocycles. The summed E-state index contributed by atoms with van der Waals surface area (Å²) in [6.45, 7) is 14.5. The van der Waals surface area contributed by atoms with Gasteiger partial charge in [-0.3, -0.25) is 9.59 Å². The summed E-state index contributed by atoms with van der Waals surface area (Å²) < 4.78 is 0. The fourth-order valence-electron chi connectivity index (χ4n) is 2.50. The molecule has 0 N–H and O–H groups in total. The second-order valence-corrected chi connectivity index (χ2v) is 7.06. The monoisotopic (exact) mass is 377 g/mol. The number of unbranched alkanes of at least 4 members (excludes halogenated alkanes) is 4. The van der Waals surface area contributed by atoms with Crippen LogP contribution in [0.2, 0.25) is 0 Å². The number of aryl methyl sites for hydroxylation is 1. The molecule has 0 aromatic heterocycles. The van der Waals surface area contributed by atoms with Crippen molar-refractivity contribution in [2.24, 2.45) is 0 Å². The number of ketones is 2.